The molecule has 0 aromatic rings. The van der Waals surface area contributed by atoms with Crippen molar-refractivity contribution in [3.05, 3.63) is 36.5 Å². The summed E-state index contributed by atoms with van der Waals surface area (Å²) in [7, 11) is 0. The molecule has 0 rings (SSSR count). The van der Waals surface area contributed by atoms with Gasteiger partial charge in [-0.3, -0.25) is 9.59 Å². The van der Waals surface area contributed by atoms with Crippen LogP contribution in [-0.2, 0) is 14.3 Å². The molecule has 0 aliphatic heterocycles. The van der Waals surface area contributed by atoms with Crippen LogP contribution in [0.5, 0.6) is 0 Å². The van der Waals surface area contributed by atoms with E-state index in [1.165, 1.54) is 270 Å². The Balaban J connectivity index is 3.39. The zero-order valence-electron chi connectivity index (χ0n) is 48.4. The van der Waals surface area contributed by atoms with Crippen molar-refractivity contribution in [1.82, 2.24) is 5.32 Å². The molecule has 6 nitrogen and oxygen atoms in total. The van der Waals surface area contributed by atoms with Gasteiger partial charge in [0.15, 0.2) is 0 Å². The van der Waals surface area contributed by atoms with Gasteiger partial charge in [0, 0.05) is 12.8 Å². The SMILES string of the molecule is CCCCC/C=C\C/C=C\CCCCCCCCCCCC(=O)OCCCCCCCCCCCCCCCCCCCCCCCC(=O)NC(CO)C(O)/C=C/CCCCCCCCCCCCCCC. The lowest BCUT2D eigenvalue weighted by molar-refractivity contribution is -0.143. The molecule has 0 heterocycles. The van der Waals surface area contributed by atoms with Crippen LogP contribution in [0.1, 0.15) is 348 Å². The van der Waals surface area contributed by atoms with Gasteiger partial charge in [-0.2, -0.15) is 0 Å². The molecule has 0 spiro atoms. The fourth-order valence-electron chi connectivity index (χ4n) is 9.96. The third-order valence-corrected chi connectivity index (χ3v) is 14.9. The van der Waals surface area contributed by atoms with Gasteiger partial charge in [0.2, 0.25) is 5.91 Å². The van der Waals surface area contributed by atoms with Crippen LogP contribution in [0.4, 0.5) is 0 Å². The highest BCUT2D eigenvalue weighted by atomic mass is 16.5. The number of nitrogens with one attached hydrogen (secondary N) is 1. The Kier molecular flexibility index (Phi) is 60.0. The molecule has 0 aromatic heterocycles. The summed E-state index contributed by atoms with van der Waals surface area (Å²) in [4.78, 5) is 24.6. The smallest absolute Gasteiger partial charge is 0.305 e. The number of hydrogen-bond donors (Lipinski definition) is 3. The summed E-state index contributed by atoms with van der Waals surface area (Å²) in [6, 6.07) is -0.629. The van der Waals surface area contributed by atoms with Crippen molar-refractivity contribution in [2.45, 2.75) is 360 Å². The molecule has 0 saturated heterocycles. The van der Waals surface area contributed by atoms with Gasteiger partial charge in [0.05, 0.1) is 25.4 Å². The van der Waals surface area contributed by atoms with E-state index >= 15 is 0 Å². The van der Waals surface area contributed by atoms with Gasteiger partial charge in [-0.1, -0.05) is 307 Å². The third-order valence-electron chi connectivity index (χ3n) is 14.9. The number of rotatable bonds is 60. The van der Waals surface area contributed by atoms with E-state index in [1.807, 2.05) is 6.08 Å². The molecule has 6 heteroatoms. The van der Waals surface area contributed by atoms with E-state index < -0.39 is 12.1 Å². The van der Waals surface area contributed by atoms with E-state index in [-0.39, 0.29) is 18.5 Å². The van der Waals surface area contributed by atoms with Crippen molar-refractivity contribution >= 4 is 11.9 Å². The normalized spacial score (nSPS) is 12.8. The molecule has 0 aliphatic carbocycles. The van der Waals surface area contributed by atoms with Gasteiger partial charge in [-0.25, -0.2) is 0 Å². The first kappa shape index (κ1) is 70.1. The molecule has 72 heavy (non-hydrogen) atoms. The van der Waals surface area contributed by atoms with Gasteiger partial charge in [-0.15, -0.1) is 0 Å². The minimum atomic E-state index is -0.845. The molecule has 0 radical (unpaired) electrons. The Morgan fingerprint density at radius 2 is 0.694 bits per heavy atom. The lowest BCUT2D eigenvalue weighted by atomic mass is 10.0. The van der Waals surface area contributed by atoms with E-state index in [2.05, 4.69) is 43.5 Å². The predicted octanol–water partition coefficient (Wildman–Crippen LogP) is 20.4. The first-order valence-corrected chi connectivity index (χ1v) is 32.3. The van der Waals surface area contributed by atoms with Crippen LogP contribution >= 0.6 is 0 Å². The third kappa shape index (κ3) is 57.4. The highest BCUT2D eigenvalue weighted by molar-refractivity contribution is 5.76. The number of ether oxygens (including phenoxy) is 1. The summed E-state index contributed by atoms with van der Waals surface area (Å²) in [5.41, 5.74) is 0. The second kappa shape index (κ2) is 61.6. The number of hydrogen-bond acceptors (Lipinski definition) is 5. The number of aliphatic hydroxyl groups is 2. The molecule has 0 saturated carbocycles. The van der Waals surface area contributed by atoms with Crippen LogP contribution in [-0.4, -0.2) is 47.4 Å². The van der Waals surface area contributed by atoms with Crippen LogP contribution in [0.15, 0.2) is 36.5 Å². The Morgan fingerprint density at radius 1 is 0.389 bits per heavy atom. The number of carbonyl (C=O) groups excluding carboxylic acids is 2. The molecular weight excluding hydrogens is 887 g/mol. The molecule has 0 bridgehead atoms. The zero-order valence-corrected chi connectivity index (χ0v) is 48.4. The number of aliphatic hydroxyl groups excluding tert-OH is 2. The molecule has 3 N–H and O–H groups in total. The number of carbonyl (C=O) groups is 2. The minimum Gasteiger partial charge on any atom is -0.466 e. The first-order chi connectivity index (χ1) is 35.5. The van der Waals surface area contributed by atoms with Crippen LogP contribution < -0.4 is 5.32 Å². The van der Waals surface area contributed by atoms with Gasteiger partial charge in [0.1, 0.15) is 0 Å². The second-order valence-corrected chi connectivity index (χ2v) is 22.1. The highest BCUT2D eigenvalue weighted by Gasteiger charge is 2.18. The summed E-state index contributed by atoms with van der Waals surface area (Å²) in [5, 5.41) is 23.1. The van der Waals surface area contributed by atoms with Gasteiger partial charge < -0.3 is 20.3 Å². The highest BCUT2D eigenvalue weighted by Crippen LogP contribution is 2.18. The Morgan fingerprint density at radius 3 is 1.08 bits per heavy atom. The standard InChI is InChI=1S/C66H125NO5/c1-3-5-7-9-11-13-15-17-19-20-24-28-32-36-40-44-48-52-56-60-66(71)72-61-57-53-49-45-41-37-33-29-26-23-21-22-25-27-31-35-39-43-47-51-55-59-65(70)67-63(62-68)64(69)58-54-50-46-42-38-34-30-18-16-14-12-10-8-6-4-2/h11,13,17,19,54,58,63-64,68-69H,3-10,12,14-16,18,20-53,55-57,59-62H2,1-2H3,(H,67,70)/b13-11-,19-17-,58-54+. The molecule has 0 aliphatic rings. The molecule has 424 valence electrons. The molecule has 2 unspecified atom stereocenters. The fraction of sp³-hybridized carbons (Fsp3) is 0.879. The lowest BCUT2D eigenvalue weighted by Gasteiger charge is -2.20. The maximum absolute atomic E-state index is 12.5. The van der Waals surface area contributed by atoms with E-state index in [0.29, 0.717) is 19.4 Å². The summed E-state index contributed by atoms with van der Waals surface area (Å²) >= 11 is 0. The van der Waals surface area contributed by atoms with Crippen molar-refractivity contribution in [2.24, 2.45) is 0 Å². The van der Waals surface area contributed by atoms with Crippen LogP contribution in [0.3, 0.4) is 0 Å². The van der Waals surface area contributed by atoms with E-state index in [0.717, 1.165) is 51.4 Å². The number of esters is 1. The molecule has 0 fully saturated rings. The van der Waals surface area contributed by atoms with Crippen LogP contribution in [0.2, 0.25) is 0 Å². The summed E-state index contributed by atoms with van der Waals surface area (Å²) in [5.74, 6) is -0.0597. The van der Waals surface area contributed by atoms with Gasteiger partial charge >= 0.3 is 5.97 Å². The minimum absolute atomic E-state index is 0.00783. The molecule has 0 aromatic carbocycles. The Bertz CT molecular complexity index is 1170. The first-order valence-electron chi connectivity index (χ1n) is 32.3. The molecule has 1 amide bonds. The maximum atomic E-state index is 12.5. The summed E-state index contributed by atoms with van der Waals surface area (Å²) in [6.45, 7) is 4.89. The Labute approximate surface area is 449 Å². The average molecular weight is 1010 g/mol. The van der Waals surface area contributed by atoms with Crippen LogP contribution in [0, 0.1) is 0 Å². The Hall–Kier alpha value is -1.92. The van der Waals surface area contributed by atoms with E-state index in [4.69, 9.17) is 4.74 Å². The fourth-order valence-corrected chi connectivity index (χ4v) is 9.96. The van der Waals surface area contributed by atoms with E-state index in [1.54, 1.807) is 6.08 Å². The van der Waals surface area contributed by atoms with Crippen molar-refractivity contribution in [1.29, 1.82) is 0 Å². The van der Waals surface area contributed by atoms with Crippen molar-refractivity contribution in [3.8, 4) is 0 Å². The zero-order chi connectivity index (χ0) is 52.2. The van der Waals surface area contributed by atoms with Gasteiger partial charge in [-0.05, 0) is 64.2 Å². The van der Waals surface area contributed by atoms with Crippen molar-refractivity contribution in [3.63, 3.8) is 0 Å². The maximum Gasteiger partial charge on any atom is 0.305 e. The summed E-state index contributed by atoms with van der Waals surface area (Å²) in [6.07, 6.45) is 77.6. The largest absolute Gasteiger partial charge is 0.466 e. The average Bonchev–Trinajstić information content (AvgIpc) is 3.38. The molecule has 2 atom stereocenters. The predicted molar refractivity (Wildman–Crippen MR) is 315 cm³/mol. The topological polar surface area (TPSA) is 95.9 Å². The number of unbranched alkanes of at least 4 members (excludes halogenated alkanes) is 45. The monoisotopic (exact) mass is 1010 g/mol. The lowest BCUT2D eigenvalue weighted by Crippen LogP contribution is -2.45. The van der Waals surface area contributed by atoms with Crippen molar-refractivity contribution < 1.29 is 24.5 Å². The molecular formula is C66H125NO5. The van der Waals surface area contributed by atoms with Gasteiger partial charge in [0.25, 0.3) is 0 Å². The number of amides is 1. The van der Waals surface area contributed by atoms with E-state index in [9.17, 15) is 19.8 Å². The van der Waals surface area contributed by atoms with Crippen molar-refractivity contribution in [2.75, 3.05) is 13.2 Å². The summed E-state index contributed by atoms with van der Waals surface area (Å²) < 4.78 is 5.50. The number of allylic oxidation sites excluding steroid dienone is 5. The van der Waals surface area contributed by atoms with Crippen LogP contribution in [0.25, 0.3) is 0 Å². The quantitative estimate of drug-likeness (QED) is 0.0320. The second-order valence-electron chi connectivity index (χ2n) is 22.1.